The molecule has 8 heteroatoms. The number of aryl methyl sites for hydroxylation is 1. The van der Waals surface area contributed by atoms with E-state index in [1.165, 1.54) is 0 Å². The zero-order chi connectivity index (χ0) is 24.5. The molecule has 1 N–H and O–H groups in total. The van der Waals surface area contributed by atoms with Crippen molar-refractivity contribution >= 4 is 11.4 Å². The molecule has 1 unspecified atom stereocenters. The highest BCUT2D eigenvalue weighted by Gasteiger charge is 2.46. The molecule has 5 nitrogen and oxygen atoms in total. The highest BCUT2D eigenvalue weighted by Crippen LogP contribution is 2.33. The molecular weight excluding hydrogens is 439 g/mol. The number of piperidine rings is 1. The van der Waals surface area contributed by atoms with Gasteiger partial charge in [0, 0.05) is 25.8 Å². The first-order chi connectivity index (χ1) is 16.2. The van der Waals surface area contributed by atoms with Crippen molar-refractivity contribution in [1.29, 1.82) is 0 Å². The molecular formula is C26H34F3N5. The maximum absolute atomic E-state index is 14.8. The second kappa shape index (κ2) is 9.78. The molecule has 1 aliphatic heterocycles. The number of nitrogens with one attached hydrogen (secondary N) is 1. The lowest BCUT2D eigenvalue weighted by Gasteiger charge is -2.42. The minimum atomic E-state index is -2.91. The summed E-state index contributed by atoms with van der Waals surface area (Å²) in [6, 6.07) is 2.53. The lowest BCUT2D eigenvalue weighted by Crippen LogP contribution is -2.61. The number of hydrogen-bond donors (Lipinski definition) is 1. The Hall–Kier alpha value is -2.87. The van der Waals surface area contributed by atoms with Gasteiger partial charge in [-0.1, -0.05) is 24.8 Å². The van der Waals surface area contributed by atoms with Crippen molar-refractivity contribution in [2.24, 2.45) is 0 Å². The Morgan fingerprint density at radius 1 is 1.32 bits per heavy atom. The van der Waals surface area contributed by atoms with Crippen LogP contribution in [0.1, 0.15) is 45.8 Å². The minimum Gasteiger partial charge on any atom is -0.350 e. The van der Waals surface area contributed by atoms with Crippen LogP contribution in [-0.2, 0) is 0 Å². The maximum Gasteiger partial charge on any atom is 0.280 e. The van der Waals surface area contributed by atoms with E-state index >= 15 is 0 Å². The van der Waals surface area contributed by atoms with Crippen molar-refractivity contribution in [3.63, 3.8) is 0 Å². The van der Waals surface area contributed by atoms with E-state index in [1.807, 2.05) is 51.3 Å². The summed E-state index contributed by atoms with van der Waals surface area (Å²) in [6.45, 7) is 10.0. The molecule has 0 aromatic carbocycles. The molecule has 2 aliphatic rings. The third-order valence-electron chi connectivity index (χ3n) is 6.50. The lowest BCUT2D eigenvalue weighted by molar-refractivity contribution is -0.0525. The van der Waals surface area contributed by atoms with Crippen molar-refractivity contribution in [3.8, 4) is 5.69 Å². The van der Waals surface area contributed by atoms with Gasteiger partial charge in [0.05, 0.1) is 30.2 Å². The van der Waals surface area contributed by atoms with Crippen LogP contribution in [0, 0.1) is 6.92 Å². The molecule has 0 bridgehead atoms. The van der Waals surface area contributed by atoms with Gasteiger partial charge in [-0.25, -0.2) is 22.8 Å². The summed E-state index contributed by atoms with van der Waals surface area (Å²) in [5, 5.41) is 7.67. The van der Waals surface area contributed by atoms with Gasteiger partial charge in [-0.2, -0.15) is 5.10 Å². The summed E-state index contributed by atoms with van der Waals surface area (Å²) in [7, 11) is 0. The van der Waals surface area contributed by atoms with Crippen LogP contribution in [0.2, 0.25) is 0 Å². The summed E-state index contributed by atoms with van der Waals surface area (Å²) < 4.78 is 44.4. The number of hydrogen-bond acceptors (Lipinski definition) is 4. The molecule has 2 fully saturated rings. The van der Waals surface area contributed by atoms with Crippen LogP contribution in [0.5, 0.6) is 0 Å². The number of rotatable bonds is 7. The van der Waals surface area contributed by atoms with Crippen molar-refractivity contribution in [2.45, 2.75) is 64.2 Å². The molecule has 1 saturated heterocycles. The topological polar surface area (TPSA) is 46.0 Å². The van der Waals surface area contributed by atoms with E-state index in [-0.39, 0.29) is 13.9 Å². The second-order valence-electron chi connectivity index (χ2n) is 9.32. The zero-order valence-electron chi connectivity index (χ0n) is 19.9. The molecule has 184 valence electrons. The van der Waals surface area contributed by atoms with E-state index in [0.29, 0.717) is 25.2 Å². The third kappa shape index (κ3) is 5.12. The lowest BCUT2D eigenvalue weighted by atomic mass is 9.88. The largest absolute Gasteiger partial charge is 0.350 e. The van der Waals surface area contributed by atoms with Crippen LogP contribution in [0.3, 0.4) is 0 Å². The van der Waals surface area contributed by atoms with E-state index < -0.39 is 24.7 Å². The minimum absolute atomic E-state index is 0. The maximum atomic E-state index is 14.8. The van der Waals surface area contributed by atoms with Crippen molar-refractivity contribution in [3.05, 3.63) is 66.2 Å². The number of allylic oxidation sites excluding steroid dienone is 5. The van der Waals surface area contributed by atoms with Crippen molar-refractivity contribution in [2.75, 3.05) is 18.0 Å². The van der Waals surface area contributed by atoms with E-state index in [1.54, 1.807) is 21.8 Å². The molecule has 3 heterocycles. The number of halogens is 3. The van der Waals surface area contributed by atoms with Crippen LogP contribution >= 0.6 is 0 Å². The number of nitrogens with zero attached hydrogens (tertiary/aromatic N) is 4. The average molecular weight is 474 g/mol. The Bertz CT molecular complexity index is 1090. The summed E-state index contributed by atoms with van der Waals surface area (Å²) >= 11 is 0. The van der Waals surface area contributed by atoms with Crippen molar-refractivity contribution in [1.82, 2.24) is 20.1 Å². The fourth-order valence-corrected chi connectivity index (χ4v) is 4.48. The Morgan fingerprint density at radius 3 is 2.68 bits per heavy atom. The first-order valence-electron chi connectivity index (χ1n) is 11.7. The van der Waals surface area contributed by atoms with Crippen LogP contribution < -0.4 is 10.2 Å². The predicted molar refractivity (Wildman–Crippen MR) is 132 cm³/mol. The highest BCUT2D eigenvalue weighted by atomic mass is 19.3. The molecule has 1 saturated carbocycles. The quantitative estimate of drug-likeness (QED) is 0.527. The van der Waals surface area contributed by atoms with Gasteiger partial charge in [-0.05, 0) is 63.3 Å². The van der Waals surface area contributed by atoms with Gasteiger partial charge < -0.3 is 10.2 Å². The summed E-state index contributed by atoms with van der Waals surface area (Å²) in [5.74, 6) is -2.40. The van der Waals surface area contributed by atoms with Gasteiger partial charge >= 0.3 is 0 Å². The molecule has 0 amide bonds. The van der Waals surface area contributed by atoms with E-state index in [9.17, 15) is 13.2 Å². The first kappa shape index (κ1) is 24.3. The number of aromatic nitrogens is 3. The molecule has 4 rings (SSSR count). The van der Waals surface area contributed by atoms with Crippen LogP contribution in [0.15, 0.2) is 54.9 Å². The van der Waals surface area contributed by atoms with Gasteiger partial charge in [0.25, 0.3) is 5.92 Å². The summed E-state index contributed by atoms with van der Waals surface area (Å²) in [6.07, 6.45) is 9.55. The summed E-state index contributed by atoms with van der Waals surface area (Å²) in [5.41, 5.74) is 4.47. The summed E-state index contributed by atoms with van der Waals surface area (Å²) in [4.78, 5) is 6.07. The molecule has 0 radical (unpaired) electrons. The Balaban J connectivity index is 0.00000342. The first-order valence-corrected chi connectivity index (χ1v) is 11.7. The van der Waals surface area contributed by atoms with E-state index in [0.717, 1.165) is 28.1 Å². The molecule has 2 aromatic rings. The van der Waals surface area contributed by atoms with Crippen LogP contribution in [-0.4, -0.2) is 52.0 Å². The number of alkyl halides is 3. The average Bonchev–Trinajstić information content (AvgIpc) is 3.15. The Morgan fingerprint density at radius 2 is 2.09 bits per heavy atom. The third-order valence-corrected chi connectivity index (χ3v) is 6.50. The van der Waals surface area contributed by atoms with Gasteiger partial charge in [0.1, 0.15) is 12.0 Å². The number of pyridine rings is 1. The van der Waals surface area contributed by atoms with Gasteiger partial charge in [-0.15, -0.1) is 0 Å². The fraction of sp³-hybridized carbons (Fsp3) is 0.462. The zero-order valence-corrected chi connectivity index (χ0v) is 19.9. The predicted octanol–water partition coefficient (Wildman–Crippen LogP) is 5.66. The van der Waals surface area contributed by atoms with Crippen LogP contribution in [0.25, 0.3) is 11.3 Å². The van der Waals surface area contributed by atoms with Crippen molar-refractivity contribution < 1.29 is 14.6 Å². The van der Waals surface area contributed by atoms with Gasteiger partial charge in [0.2, 0.25) is 0 Å². The van der Waals surface area contributed by atoms with E-state index in [4.69, 9.17) is 5.10 Å². The second-order valence-corrected chi connectivity index (χ2v) is 9.32. The monoisotopic (exact) mass is 473 g/mol. The molecule has 0 spiro atoms. The van der Waals surface area contributed by atoms with Gasteiger partial charge in [-0.3, -0.25) is 0 Å². The highest BCUT2D eigenvalue weighted by molar-refractivity contribution is 5.78. The van der Waals surface area contributed by atoms with Crippen LogP contribution in [0.4, 0.5) is 19.0 Å². The van der Waals surface area contributed by atoms with E-state index in [2.05, 4.69) is 16.9 Å². The normalized spacial score (nSPS) is 24.9. The molecule has 34 heavy (non-hydrogen) atoms. The Kier molecular flexibility index (Phi) is 6.98. The Labute approximate surface area is 200 Å². The fourth-order valence-electron chi connectivity index (χ4n) is 4.48. The molecule has 2 aromatic heterocycles. The molecule has 1 atom stereocenters. The smallest absolute Gasteiger partial charge is 0.280 e. The SMILES string of the molecule is C=C(C)/C(=C\C=C/C)c1nn(-c2ccc(N3CCC(NC4CC(F)C4)C(F)(F)C3)nc2)cc1C.[HH]. The molecule has 1 aliphatic carbocycles. The standard InChI is InChI=1S/C26H32F3N5.H2/c1-5-6-7-22(17(2)3)25-18(4)15-34(32-25)21-8-9-24(30-14-21)33-11-10-23(26(28,29)16-33)31-20-12-19(27)13-20;/h5-9,14-15,19-20,23,31H,2,10-13,16H2,1,3-4H3;1H/b6-5-,22-7+;. The number of anilines is 1. The van der Waals surface area contributed by atoms with Gasteiger partial charge in [0.15, 0.2) is 0 Å².